The van der Waals surface area contributed by atoms with Crippen molar-refractivity contribution in [1.29, 1.82) is 0 Å². The molecule has 0 bridgehead atoms. The summed E-state index contributed by atoms with van der Waals surface area (Å²) < 4.78 is 27.1. The van der Waals surface area contributed by atoms with Crippen molar-refractivity contribution >= 4 is 29.7 Å². The monoisotopic (exact) mass is 466 g/mol. The quantitative estimate of drug-likeness (QED) is 0.352. The number of aromatic hydroxyl groups is 1. The Morgan fingerprint density at radius 2 is 1.36 bits per heavy atom. The number of ether oxygens (including phenoxy) is 5. The molecule has 180 valence electrons. The van der Waals surface area contributed by atoms with Crippen LogP contribution in [0.5, 0.6) is 5.75 Å². The van der Waals surface area contributed by atoms with Crippen LogP contribution in [-0.4, -0.2) is 65.8 Å². The molecule has 0 spiro atoms. The first-order valence-electron chi connectivity index (χ1n) is 10.1. The topological polar surface area (TPSA) is 152 Å². The summed E-state index contributed by atoms with van der Waals surface area (Å²) in [5.41, 5.74) is 0.0402. The minimum absolute atomic E-state index is 0.0987. The van der Waals surface area contributed by atoms with Gasteiger partial charge in [0.2, 0.25) is 0 Å². The second-order valence-electron chi connectivity index (χ2n) is 7.42. The number of hydrogen-bond acceptors (Lipinski definition) is 11. The number of phenolic OH excluding ortho intramolecular Hbond substituents is 1. The van der Waals surface area contributed by atoms with Gasteiger partial charge < -0.3 is 28.8 Å². The van der Waals surface area contributed by atoms with Crippen molar-refractivity contribution < 1.29 is 52.8 Å². The van der Waals surface area contributed by atoms with E-state index in [-0.39, 0.29) is 16.9 Å². The van der Waals surface area contributed by atoms with Crippen LogP contribution >= 0.6 is 0 Å². The summed E-state index contributed by atoms with van der Waals surface area (Å²) in [7, 11) is 0. The maximum Gasteiger partial charge on any atom is 0.303 e. The van der Waals surface area contributed by atoms with Crippen LogP contribution in [0.1, 0.15) is 56.6 Å². The van der Waals surface area contributed by atoms with Crippen molar-refractivity contribution in [3.63, 3.8) is 0 Å². The predicted molar refractivity (Wildman–Crippen MR) is 109 cm³/mol. The van der Waals surface area contributed by atoms with Crippen molar-refractivity contribution in [3.05, 3.63) is 29.3 Å². The van der Waals surface area contributed by atoms with Crippen LogP contribution in [0.15, 0.2) is 18.2 Å². The minimum atomic E-state index is -1.38. The van der Waals surface area contributed by atoms with Gasteiger partial charge in [-0.2, -0.15) is 0 Å². The first-order chi connectivity index (χ1) is 15.4. The van der Waals surface area contributed by atoms with Crippen LogP contribution in [0.2, 0.25) is 0 Å². The number of hydrogen-bond donors (Lipinski definition) is 1. The molecule has 1 fully saturated rings. The number of esters is 4. The molecule has 1 aromatic carbocycles. The molecule has 0 unspecified atom stereocenters. The maximum atomic E-state index is 12.3. The fourth-order valence-corrected chi connectivity index (χ4v) is 3.66. The highest BCUT2D eigenvalue weighted by molar-refractivity contribution is 5.98. The van der Waals surface area contributed by atoms with E-state index in [1.54, 1.807) is 0 Å². The average molecular weight is 466 g/mol. The minimum Gasteiger partial charge on any atom is -0.507 e. The molecule has 33 heavy (non-hydrogen) atoms. The number of carbonyl (C=O) groups is 5. The Morgan fingerprint density at radius 3 is 1.88 bits per heavy atom. The number of benzene rings is 1. The fraction of sp³-hybridized carbons (Fsp3) is 0.500. The highest BCUT2D eigenvalue weighted by Gasteiger charge is 2.53. The zero-order chi connectivity index (χ0) is 24.9. The van der Waals surface area contributed by atoms with E-state index in [1.165, 1.54) is 25.1 Å². The maximum absolute atomic E-state index is 12.3. The zero-order valence-corrected chi connectivity index (χ0v) is 18.9. The van der Waals surface area contributed by atoms with E-state index in [0.717, 1.165) is 27.7 Å². The van der Waals surface area contributed by atoms with Gasteiger partial charge in [0.05, 0.1) is 5.56 Å². The molecule has 1 N–H and O–H groups in total. The smallest absolute Gasteiger partial charge is 0.303 e. The molecular formula is C22H26O11. The van der Waals surface area contributed by atoms with Crippen LogP contribution in [0, 0.1) is 0 Å². The zero-order valence-electron chi connectivity index (χ0n) is 18.9. The Morgan fingerprint density at radius 1 is 0.818 bits per heavy atom. The summed E-state index contributed by atoms with van der Waals surface area (Å²) in [6.45, 7) is 5.32. The second-order valence-corrected chi connectivity index (χ2v) is 7.42. The van der Waals surface area contributed by atoms with E-state index in [2.05, 4.69) is 0 Å². The molecule has 2 rings (SSSR count). The molecule has 1 saturated heterocycles. The average Bonchev–Trinajstić information content (AvgIpc) is 2.68. The number of rotatable bonds is 7. The lowest BCUT2D eigenvalue weighted by Gasteiger charge is -2.44. The number of Topliss-reactive ketones (excluding diaryl/α,β-unsaturated/α-hetero) is 1. The van der Waals surface area contributed by atoms with Gasteiger partial charge >= 0.3 is 23.9 Å². The lowest BCUT2D eigenvalue weighted by atomic mass is 9.87. The van der Waals surface area contributed by atoms with Gasteiger partial charge in [0, 0.05) is 27.7 Å². The molecule has 1 aliphatic rings. The molecule has 5 atom stereocenters. The van der Waals surface area contributed by atoms with Gasteiger partial charge in [0.15, 0.2) is 24.1 Å². The van der Waals surface area contributed by atoms with E-state index in [9.17, 15) is 29.1 Å². The van der Waals surface area contributed by atoms with Crippen LogP contribution < -0.4 is 0 Å². The van der Waals surface area contributed by atoms with Gasteiger partial charge in [0.1, 0.15) is 24.6 Å². The summed E-state index contributed by atoms with van der Waals surface area (Å²) in [5.74, 6) is -3.79. The predicted octanol–water partition coefficient (Wildman–Crippen LogP) is 1.39. The highest BCUT2D eigenvalue weighted by atomic mass is 16.7. The SMILES string of the molecule is CC(=O)OC[C@H]1O[C@@H](c2cccc(O)c2C(C)=O)[C@H](OC(C)=O)[C@@H](OC(C)=O)[C@@H]1OC(C)=O. The van der Waals surface area contributed by atoms with E-state index in [4.69, 9.17) is 23.7 Å². The van der Waals surface area contributed by atoms with Crippen LogP contribution in [-0.2, 0) is 42.9 Å². The molecule has 1 aliphatic heterocycles. The lowest BCUT2D eigenvalue weighted by Crippen LogP contribution is -2.59. The second kappa shape index (κ2) is 10.9. The third-order valence-electron chi connectivity index (χ3n) is 4.72. The van der Waals surface area contributed by atoms with Gasteiger partial charge in [-0.25, -0.2) is 0 Å². The number of ketones is 1. The Bertz CT molecular complexity index is 938. The van der Waals surface area contributed by atoms with Gasteiger partial charge in [-0.05, 0) is 18.6 Å². The molecule has 11 heteroatoms. The Labute approximate surface area is 189 Å². The van der Waals surface area contributed by atoms with E-state index < -0.39 is 66.8 Å². The van der Waals surface area contributed by atoms with E-state index in [1.807, 2.05) is 0 Å². The third kappa shape index (κ3) is 6.51. The summed E-state index contributed by atoms with van der Waals surface area (Å²) in [5, 5.41) is 10.3. The summed E-state index contributed by atoms with van der Waals surface area (Å²) >= 11 is 0. The van der Waals surface area contributed by atoms with Crippen molar-refractivity contribution in [2.45, 2.75) is 65.1 Å². The first-order valence-corrected chi connectivity index (χ1v) is 10.1. The van der Waals surface area contributed by atoms with Crippen molar-refractivity contribution in [2.75, 3.05) is 6.61 Å². The summed E-state index contributed by atoms with van der Waals surface area (Å²) in [6, 6.07) is 4.22. The molecule has 0 saturated carbocycles. The molecule has 11 nitrogen and oxygen atoms in total. The fourth-order valence-electron chi connectivity index (χ4n) is 3.66. The van der Waals surface area contributed by atoms with Crippen molar-refractivity contribution in [2.24, 2.45) is 0 Å². The van der Waals surface area contributed by atoms with Crippen LogP contribution in [0.3, 0.4) is 0 Å². The van der Waals surface area contributed by atoms with Gasteiger partial charge in [0.25, 0.3) is 0 Å². The van der Waals surface area contributed by atoms with E-state index >= 15 is 0 Å². The van der Waals surface area contributed by atoms with Crippen molar-refractivity contribution in [3.8, 4) is 5.75 Å². The Hall–Kier alpha value is -3.47. The summed E-state index contributed by atoms with van der Waals surface area (Å²) in [4.78, 5) is 59.3. The highest BCUT2D eigenvalue weighted by Crippen LogP contribution is 2.40. The first kappa shape index (κ1) is 25.8. The summed E-state index contributed by atoms with van der Waals surface area (Å²) in [6.07, 6.45) is -6.48. The molecule has 1 heterocycles. The Kier molecular flexibility index (Phi) is 8.52. The van der Waals surface area contributed by atoms with Gasteiger partial charge in [-0.3, -0.25) is 24.0 Å². The number of carbonyl (C=O) groups excluding carboxylic acids is 5. The third-order valence-corrected chi connectivity index (χ3v) is 4.72. The standard InChI is InChI=1S/C22H26O11/c1-10(23)18-15(7-6-8-16(18)28)19-21(31-13(4)26)22(32-14(5)27)20(30-12(3)25)17(33-19)9-29-11(2)24/h6-8,17,19-22,28H,9H2,1-5H3/t17-,19+,20-,21+,22+/m1/s1. The molecule has 0 aliphatic carbocycles. The normalized spacial score (nSPS) is 24.3. The molecule has 0 aromatic heterocycles. The Balaban J connectivity index is 2.68. The molecule has 1 aromatic rings. The molecule has 0 radical (unpaired) electrons. The van der Waals surface area contributed by atoms with Gasteiger partial charge in [-0.1, -0.05) is 12.1 Å². The number of phenols is 1. The van der Waals surface area contributed by atoms with Gasteiger partial charge in [-0.15, -0.1) is 0 Å². The lowest BCUT2D eigenvalue weighted by molar-refractivity contribution is -0.254. The molecule has 0 amide bonds. The molecular weight excluding hydrogens is 440 g/mol. The largest absolute Gasteiger partial charge is 0.507 e. The van der Waals surface area contributed by atoms with Crippen LogP contribution in [0.25, 0.3) is 0 Å². The van der Waals surface area contributed by atoms with Crippen molar-refractivity contribution in [1.82, 2.24) is 0 Å². The van der Waals surface area contributed by atoms with Crippen LogP contribution in [0.4, 0.5) is 0 Å². The van der Waals surface area contributed by atoms with E-state index in [0.29, 0.717) is 0 Å².